The molecule has 0 radical (unpaired) electrons. The van der Waals surface area contributed by atoms with Gasteiger partial charge in [0.25, 0.3) is 0 Å². The van der Waals surface area contributed by atoms with Gasteiger partial charge in [-0.25, -0.2) is 0 Å². The lowest BCUT2D eigenvalue weighted by atomic mass is 9.82. The Kier molecular flexibility index (Phi) is 3.10. The summed E-state index contributed by atoms with van der Waals surface area (Å²) in [6, 6.07) is 11.1. The van der Waals surface area contributed by atoms with Crippen LogP contribution in [0.1, 0.15) is 36.0 Å². The van der Waals surface area contributed by atoms with E-state index in [4.69, 9.17) is 18.5 Å². The standard InChI is InChI=1S/C24H21ClN2O/c25-18-9-6-16(7-10-18)17-8-12-21-22-15-20(28)11-13-23(22)27(24(21)14-17)26-19-4-2-1-3-5-19/h1-7,9-11,13,15,17,26,28H,8,12,14H2/i1D,2D,3D,4D,5D. The van der Waals surface area contributed by atoms with Gasteiger partial charge < -0.3 is 5.11 Å². The van der Waals surface area contributed by atoms with E-state index in [1.165, 1.54) is 5.56 Å². The monoisotopic (exact) mass is 393 g/mol. The number of hydrogen-bond donors (Lipinski definition) is 2. The quantitative estimate of drug-likeness (QED) is 0.438. The van der Waals surface area contributed by atoms with Gasteiger partial charge in [0.1, 0.15) is 5.75 Å². The topological polar surface area (TPSA) is 37.2 Å². The van der Waals surface area contributed by atoms with E-state index in [1.807, 2.05) is 24.3 Å². The summed E-state index contributed by atoms with van der Waals surface area (Å²) in [5.41, 5.74) is 7.14. The van der Waals surface area contributed by atoms with Crippen LogP contribution < -0.4 is 5.43 Å². The average molecular weight is 394 g/mol. The van der Waals surface area contributed by atoms with Gasteiger partial charge in [0.2, 0.25) is 0 Å². The molecule has 0 amide bonds. The predicted octanol–water partition coefficient (Wildman–Crippen LogP) is 6.15. The molecule has 28 heavy (non-hydrogen) atoms. The number of hydrogen-bond acceptors (Lipinski definition) is 2. The molecule has 1 atom stereocenters. The fraction of sp³-hybridized carbons (Fsp3) is 0.167. The molecule has 1 aliphatic rings. The first-order valence-electron chi connectivity index (χ1n) is 11.7. The van der Waals surface area contributed by atoms with Gasteiger partial charge in [-0.2, -0.15) is 0 Å². The largest absolute Gasteiger partial charge is 0.508 e. The third-order valence-electron chi connectivity index (χ3n) is 5.41. The van der Waals surface area contributed by atoms with Crippen molar-refractivity contribution in [1.29, 1.82) is 0 Å². The zero-order chi connectivity index (χ0) is 23.4. The Morgan fingerprint density at radius 3 is 2.64 bits per heavy atom. The molecule has 3 nitrogen and oxygen atoms in total. The van der Waals surface area contributed by atoms with E-state index >= 15 is 0 Å². The van der Waals surface area contributed by atoms with Gasteiger partial charge in [-0.3, -0.25) is 10.1 Å². The van der Waals surface area contributed by atoms with Crippen molar-refractivity contribution in [2.45, 2.75) is 25.2 Å². The Balaban J connectivity index is 1.66. The molecule has 0 saturated carbocycles. The van der Waals surface area contributed by atoms with Crippen molar-refractivity contribution < 1.29 is 12.0 Å². The van der Waals surface area contributed by atoms with Crippen molar-refractivity contribution in [2.75, 3.05) is 5.43 Å². The summed E-state index contributed by atoms with van der Waals surface area (Å²) < 4.78 is 42.3. The highest BCUT2D eigenvalue weighted by Crippen LogP contribution is 2.39. The number of benzene rings is 3. The minimum absolute atomic E-state index is 0.0161. The van der Waals surface area contributed by atoms with E-state index in [0.717, 1.165) is 35.0 Å². The first kappa shape index (κ1) is 12.5. The van der Waals surface area contributed by atoms with Gasteiger partial charge in [-0.15, -0.1) is 0 Å². The molecule has 3 aromatic carbocycles. The second-order valence-corrected chi connectivity index (χ2v) is 7.50. The zero-order valence-electron chi connectivity index (χ0n) is 20.0. The zero-order valence-corrected chi connectivity index (χ0v) is 15.8. The maximum absolute atomic E-state index is 10.1. The van der Waals surface area contributed by atoms with E-state index in [-0.39, 0.29) is 41.5 Å². The molecule has 1 aromatic heterocycles. The molecule has 4 aromatic rings. The molecule has 0 aliphatic heterocycles. The van der Waals surface area contributed by atoms with Gasteiger partial charge in [0, 0.05) is 16.1 Å². The highest BCUT2D eigenvalue weighted by Gasteiger charge is 2.27. The molecule has 1 aliphatic carbocycles. The van der Waals surface area contributed by atoms with Gasteiger partial charge in [-0.05, 0) is 78.7 Å². The first-order valence-corrected chi connectivity index (χ1v) is 9.58. The van der Waals surface area contributed by atoms with Crippen LogP contribution in [-0.2, 0) is 12.8 Å². The number of phenols is 1. The molecule has 0 bridgehead atoms. The van der Waals surface area contributed by atoms with Crippen LogP contribution in [0.3, 0.4) is 0 Å². The molecule has 140 valence electrons. The van der Waals surface area contributed by atoms with Gasteiger partial charge in [-0.1, -0.05) is 41.9 Å². The van der Waals surface area contributed by atoms with E-state index in [2.05, 4.69) is 5.43 Å². The highest BCUT2D eigenvalue weighted by atomic mass is 35.5. The predicted molar refractivity (Wildman–Crippen MR) is 115 cm³/mol. The second kappa shape index (κ2) is 6.92. The molecule has 1 heterocycles. The van der Waals surface area contributed by atoms with Crippen LogP contribution in [0.25, 0.3) is 10.9 Å². The van der Waals surface area contributed by atoms with Crippen molar-refractivity contribution in [3.05, 3.63) is 94.5 Å². The van der Waals surface area contributed by atoms with Crippen LogP contribution in [0, 0.1) is 0 Å². The van der Waals surface area contributed by atoms with Gasteiger partial charge in [0.05, 0.1) is 18.1 Å². The molecular formula is C24H21ClN2O. The number of aryl methyl sites for hydroxylation is 1. The lowest BCUT2D eigenvalue weighted by molar-refractivity contribution is 0.476. The Bertz CT molecular complexity index is 1370. The highest BCUT2D eigenvalue weighted by molar-refractivity contribution is 6.30. The second-order valence-electron chi connectivity index (χ2n) is 7.07. The Labute approximate surface area is 176 Å². The minimum Gasteiger partial charge on any atom is -0.508 e. The van der Waals surface area contributed by atoms with E-state index in [9.17, 15) is 5.11 Å². The number of halogens is 1. The lowest BCUT2D eigenvalue weighted by Gasteiger charge is -2.25. The van der Waals surface area contributed by atoms with Crippen LogP contribution in [0.4, 0.5) is 5.69 Å². The van der Waals surface area contributed by atoms with Crippen LogP contribution in [0.2, 0.25) is 5.02 Å². The fourth-order valence-corrected chi connectivity index (χ4v) is 4.23. The number of nitrogens with one attached hydrogen (secondary N) is 1. The summed E-state index contributed by atoms with van der Waals surface area (Å²) in [6.07, 6.45) is 2.41. The van der Waals surface area contributed by atoms with Crippen LogP contribution >= 0.6 is 11.6 Å². The SMILES string of the molecule is [2H]c1c([2H])c([2H])c(Nn2c3c(c4cc(O)ccc42)CCC(c2ccc(Cl)cc2)C3)c([2H])c1[2H]. The summed E-state index contributed by atoms with van der Waals surface area (Å²) in [4.78, 5) is 0. The summed E-state index contributed by atoms with van der Waals surface area (Å²) in [5.74, 6) is 0.401. The van der Waals surface area contributed by atoms with Crippen LogP contribution in [0.5, 0.6) is 5.75 Å². The van der Waals surface area contributed by atoms with E-state index < -0.39 is 6.04 Å². The molecule has 0 spiro atoms. The molecule has 5 rings (SSSR count). The van der Waals surface area contributed by atoms with Crippen LogP contribution in [0.15, 0.2) is 72.7 Å². The van der Waals surface area contributed by atoms with E-state index in [0.29, 0.717) is 11.4 Å². The van der Waals surface area contributed by atoms with Crippen LogP contribution in [-0.4, -0.2) is 9.78 Å². The summed E-state index contributed by atoms with van der Waals surface area (Å²) >= 11 is 6.06. The third kappa shape index (κ3) is 3.02. The number of fused-ring (bicyclic) bond motifs is 3. The summed E-state index contributed by atoms with van der Waals surface area (Å²) in [6.45, 7) is 0. The maximum Gasteiger partial charge on any atom is 0.116 e. The van der Waals surface area contributed by atoms with Crippen molar-refractivity contribution in [2.24, 2.45) is 0 Å². The number of rotatable bonds is 3. The Morgan fingerprint density at radius 1 is 1.07 bits per heavy atom. The number of aromatic hydroxyl groups is 1. The normalized spacial score (nSPS) is 18.6. The minimum atomic E-state index is -0.428. The van der Waals surface area contributed by atoms with Crippen molar-refractivity contribution in [1.82, 2.24) is 4.68 Å². The van der Waals surface area contributed by atoms with Crippen molar-refractivity contribution in [3.63, 3.8) is 0 Å². The molecule has 0 fully saturated rings. The number of para-hydroxylation sites is 1. The molecule has 4 heteroatoms. The average Bonchev–Trinajstić information content (AvgIpc) is 3.11. The molecule has 2 N–H and O–H groups in total. The van der Waals surface area contributed by atoms with E-state index in [1.54, 1.807) is 22.9 Å². The van der Waals surface area contributed by atoms with Gasteiger partial charge in [0.15, 0.2) is 0 Å². The summed E-state index contributed by atoms with van der Waals surface area (Å²) in [7, 11) is 0. The fourth-order valence-electron chi connectivity index (χ4n) is 4.11. The molecule has 0 saturated heterocycles. The number of anilines is 1. The van der Waals surface area contributed by atoms with Gasteiger partial charge >= 0.3 is 0 Å². The molecule has 1 unspecified atom stereocenters. The Hall–Kier alpha value is -2.91. The maximum atomic E-state index is 10.1. The lowest BCUT2D eigenvalue weighted by Crippen LogP contribution is -2.19. The number of aromatic nitrogens is 1. The third-order valence-corrected chi connectivity index (χ3v) is 5.66. The Morgan fingerprint density at radius 2 is 1.86 bits per heavy atom. The molecular weight excluding hydrogens is 368 g/mol. The first-order chi connectivity index (χ1) is 15.8. The number of nitrogens with zero attached hydrogens (tertiary/aromatic N) is 1. The smallest absolute Gasteiger partial charge is 0.116 e. The summed E-state index contributed by atoms with van der Waals surface area (Å²) in [5, 5.41) is 11.7. The van der Waals surface area contributed by atoms with Crippen molar-refractivity contribution >= 4 is 28.2 Å². The number of phenolic OH excluding ortho intramolecular Hbond substituents is 1. The van der Waals surface area contributed by atoms with Crippen molar-refractivity contribution in [3.8, 4) is 5.75 Å².